The van der Waals surface area contributed by atoms with Crippen molar-refractivity contribution in [2.75, 3.05) is 0 Å². The predicted molar refractivity (Wildman–Crippen MR) is 50.1 cm³/mol. The van der Waals surface area contributed by atoms with Gasteiger partial charge in [-0.15, -0.1) is 11.6 Å². The maximum atomic E-state index is 12.3. The molecule has 0 amide bonds. The third kappa shape index (κ3) is 3.43. The lowest BCUT2D eigenvalue weighted by Crippen LogP contribution is -2.04. The molecule has 15 heavy (non-hydrogen) atoms. The number of pyridine rings is 1. The quantitative estimate of drug-likeness (QED) is 0.816. The Labute approximate surface area is 89.7 Å². The van der Waals surface area contributed by atoms with Gasteiger partial charge in [0.2, 0.25) is 0 Å². The fraction of sp³-hybridized carbons (Fsp3) is 0.333. The second kappa shape index (κ2) is 5.02. The van der Waals surface area contributed by atoms with E-state index >= 15 is 0 Å². The van der Waals surface area contributed by atoms with E-state index in [1.54, 1.807) is 0 Å². The zero-order chi connectivity index (χ0) is 11.4. The molecule has 0 aliphatic heterocycles. The molecule has 1 rings (SSSR count). The number of aliphatic carboxylic acids is 1. The molecule has 0 aromatic carbocycles. The Bertz CT molecular complexity index is 371. The molecule has 0 aliphatic carbocycles. The number of hydrogen-bond acceptors (Lipinski definition) is 2. The van der Waals surface area contributed by atoms with Crippen molar-refractivity contribution in [2.24, 2.45) is 0 Å². The van der Waals surface area contributed by atoms with Gasteiger partial charge in [-0.2, -0.15) is 0 Å². The van der Waals surface area contributed by atoms with Crippen molar-refractivity contribution in [3.05, 3.63) is 29.1 Å². The number of aromatic nitrogens is 1. The molecule has 82 valence electrons. The summed E-state index contributed by atoms with van der Waals surface area (Å²) in [7, 11) is 0. The molecule has 0 spiro atoms. The van der Waals surface area contributed by atoms with Gasteiger partial charge < -0.3 is 5.11 Å². The van der Waals surface area contributed by atoms with Crippen LogP contribution in [0.1, 0.15) is 23.4 Å². The summed E-state index contributed by atoms with van der Waals surface area (Å²) in [6.07, 6.45) is -3.03. The molecule has 1 N–H and O–H groups in total. The first-order valence-corrected chi connectivity index (χ1v) is 4.62. The molecule has 0 saturated heterocycles. The number of halogens is 3. The van der Waals surface area contributed by atoms with E-state index in [-0.39, 0.29) is 23.6 Å². The number of carboxylic acid groups (broad SMARTS) is 1. The maximum Gasteiger partial charge on any atom is 0.307 e. The van der Waals surface area contributed by atoms with Crippen LogP contribution < -0.4 is 0 Å². The van der Waals surface area contributed by atoms with E-state index in [4.69, 9.17) is 16.7 Å². The fourth-order valence-electron chi connectivity index (χ4n) is 1.13. The summed E-state index contributed by atoms with van der Waals surface area (Å²) in [6.45, 7) is 0. The third-order valence-electron chi connectivity index (χ3n) is 1.67. The van der Waals surface area contributed by atoms with Crippen molar-refractivity contribution in [3.8, 4) is 0 Å². The molecule has 1 heterocycles. The van der Waals surface area contributed by atoms with Crippen LogP contribution in [0.3, 0.4) is 0 Å². The van der Waals surface area contributed by atoms with Crippen molar-refractivity contribution in [3.63, 3.8) is 0 Å². The van der Waals surface area contributed by atoms with Crippen LogP contribution in [0.15, 0.2) is 12.1 Å². The van der Waals surface area contributed by atoms with Crippen LogP contribution in [0.2, 0.25) is 0 Å². The first kappa shape index (κ1) is 11.8. The lowest BCUT2D eigenvalue weighted by Gasteiger charge is -2.05. The first-order valence-electron chi connectivity index (χ1n) is 4.08. The molecule has 0 radical (unpaired) electrons. The summed E-state index contributed by atoms with van der Waals surface area (Å²) in [4.78, 5) is 14.0. The van der Waals surface area contributed by atoms with E-state index in [2.05, 4.69) is 4.98 Å². The van der Waals surface area contributed by atoms with Crippen molar-refractivity contribution < 1.29 is 18.7 Å². The SMILES string of the molecule is O=C(O)Cc1cc(CCl)nc(C(F)F)c1. The highest BCUT2D eigenvalue weighted by Gasteiger charge is 2.12. The molecule has 1 aromatic rings. The van der Waals surface area contributed by atoms with Gasteiger partial charge in [0.05, 0.1) is 18.0 Å². The average molecular weight is 236 g/mol. The number of hydrogen-bond donors (Lipinski definition) is 1. The van der Waals surface area contributed by atoms with Gasteiger partial charge in [-0.3, -0.25) is 9.78 Å². The Morgan fingerprint density at radius 1 is 1.53 bits per heavy atom. The molecule has 0 fully saturated rings. The molecule has 0 saturated carbocycles. The topological polar surface area (TPSA) is 50.2 Å². The second-order valence-electron chi connectivity index (χ2n) is 2.90. The number of nitrogens with zero attached hydrogens (tertiary/aromatic N) is 1. The predicted octanol–water partition coefficient (Wildman–Crippen LogP) is 2.39. The Balaban J connectivity index is 3.05. The molecule has 0 atom stereocenters. The van der Waals surface area contributed by atoms with E-state index < -0.39 is 18.1 Å². The highest BCUT2D eigenvalue weighted by atomic mass is 35.5. The lowest BCUT2D eigenvalue weighted by molar-refractivity contribution is -0.136. The van der Waals surface area contributed by atoms with Gasteiger partial charge in [0.15, 0.2) is 0 Å². The molecule has 6 heteroatoms. The minimum atomic E-state index is -2.72. The van der Waals surface area contributed by atoms with E-state index in [1.807, 2.05) is 0 Å². The van der Waals surface area contributed by atoms with Crippen molar-refractivity contribution in [1.82, 2.24) is 4.98 Å². The molecule has 1 aromatic heterocycles. The number of carbonyl (C=O) groups is 1. The summed E-state index contributed by atoms with van der Waals surface area (Å²) in [6, 6.07) is 2.49. The van der Waals surface area contributed by atoms with E-state index in [0.29, 0.717) is 0 Å². The first-order chi connectivity index (χ1) is 7.02. The van der Waals surface area contributed by atoms with Gasteiger partial charge >= 0.3 is 5.97 Å². The van der Waals surface area contributed by atoms with E-state index in [9.17, 15) is 13.6 Å². The minimum Gasteiger partial charge on any atom is -0.481 e. The van der Waals surface area contributed by atoms with Crippen LogP contribution in [-0.4, -0.2) is 16.1 Å². The Morgan fingerprint density at radius 2 is 2.20 bits per heavy atom. The third-order valence-corrected chi connectivity index (χ3v) is 1.95. The van der Waals surface area contributed by atoms with Crippen LogP contribution in [0.5, 0.6) is 0 Å². The fourth-order valence-corrected chi connectivity index (χ4v) is 1.27. The second-order valence-corrected chi connectivity index (χ2v) is 3.16. The molecular weight excluding hydrogens is 228 g/mol. The summed E-state index contributed by atoms with van der Waals surface area (Å²) in [5.41, 5.74) is 0.0959. The van der Waals surface area contributed by atoms with Crippen molar-refractivity contribution >= 4 is 17.6 Å². The van der Waals surface area contributed by atoms with Gasteiger partial charge in [-0.25, -0.2) is 8.78 Å². The van der Waals surface area contributed by atoms with Crippen LogP contribution in [0.25, 0.3) is 0 Å². The Hall–Kier alpha value is -1.23. The summed E-state index contributed by atoms with van der Waals surface area (Å²) in [5, 5.41) is 8.52. The lowest BCUT2D eigenvalue weighted by atomic mass is 10.1. The van der Waals surface area contributed by atoms with Crippen LogP contribution in [-0.2, 0) is 17.1 Å². The number of rotatable bonds is 4. The smallest absolute Gasteiger partial charge is 0.307 e. The normalized spacial score (nSPS) is 10.7. The van der Waals surface area contributed by atoms with E-state index in [0.717, 1.165) is 6.07 Å². The van der Waals surface area contributed by atoms with Crippen LogP contribution in [0, 0.1) is 0 Å². The van der Waals surface area contributed by atoms with Gasteiger partial charge in [0, 0.05) is 0 Å². The number of alkyl halides is 3. The molecular formula is C9H8ClF2NO2. The van der Waals surface area contributed by atoms with Gasteiger partial charge in [0.1, 0.15) is 5.69 Å². The van der Waals surface area contributed by atoms with Gasteiger partial charge in [-0.1, -0.05) is 0 Å². The number of carboxylic acids is 1. The van der Waals surface area contributed by atoms with Gasteiger partial charge in [-0.05, 0) is 17.7 Å². The highest BCUT2D eigenvalue weighted by Crippen LogP contribution is 2.19. The zero-order valence-electron chi connectivity index (χ0n) is 7.58. The summed E-state index contributed by atoms with van der Waals surface area (Å²) in [5.74, 6) is -1.10. The average Bonchev–Trinajstić information content (AvgIpc) is 2.16. The molecule has 0 aliphatic rings. The standard InChI is InChI=1S/C9H8ClF2NO2/c10-4-6-1-5(3-8(14)15)2-7(13-6)9(11)12/h1-2,9H,3-4H2,(H,14,15). The largest absolute Gasteiger partial charge is 0.481 e. The summed E-state index contributed by atoms with van der Waals surface area (Å²) < 4.78 is 24.7. The highest BCUT2D eigenvalue weighted by molar-refractivity contribution is 6.16. The van der Waals surface area contributed by atoms with Crippen molar-refractivity contribution in [1.29, 1.82) is 0 Å². The van der Waals surface area contributed by atoms with E-state index in [1.165, 1.54) is 6.07 Å². The molecule has 0 bridgehead atoms. The molecule has 3 nitrogen and oxygen atoms in total. The maximum absolute atomic E-state index is 12.3. The van der Waals surface area contributed by atoms with Gasteiger partial charge in [0.25, 0.3) is 6.43 Å². The summed E-state index contributed by atoms with van der Waals surface area (Å²) >= 11 is 5.46. The van der Waals surface area contributed by atoms with Crippen LogP contribution >= 0.6 is 11.6 Å². The van der Waals surface area contributed by atoms with Crippen LogP contribution in [0.4, 0.5) is 8.78 Å². The minimum absolute atomic E-state index is 0.0207. The monoisotopic (exact) mass is 235 g/mol. The molecule has 0 unspecified atom stereocenters. The Kier molecular flexibility index (Phi) is 3.96. The van der Waals surface area contributed by atoms with Crippen molar-refractivity contribution in [2.45, 2.75) is 18.7 Å². The zero-order valence-corrected chi connectivity index (χ0v) is 8.34. The Morgan fingerprint density at radius 3 is 2.67 bits per heavy atom.